The van der Waals surface area contributed by atoms with Crippen molar-refractivity contribution in [1.82, 2.24) is 0 Å². The van der Waals surface area contributed by atoms with E-state index < -0.39 is 15.7 Å². The Morgan fingerprint density at radius 2 is 1.83 bits per heavy atom. The molecule has 3 aromatic rings. The third kappa shape index (κ3) is 4.68. The molecule has 7 heteroatoms. The van der Waals surface area contributed by atoms with Gasteiger partial charge in [0.05, 0.1) is 22.7 Å². The Morgan fingerprint density at radius 3 is 2.43 bits per heavy atom. The number of aromatic carboxylic acids is 1. The summed E-state index contributed by atoms with van der Waals surface area (Å²) in [4.78, 5) is 12.3. The number of carboxylic acid groups (broad SMARTS) is 1. The molecule has 2 N–H and O–H groups in total. The van der Waals surface area contributed by atoms with Crippen molar-refractivity contribution >= 4 is 38.6 Å². The Bertz CT molecular complexity index is 1150. The third-order valence-electron chi connectivity index (χ3n) is 4.70. The van der Waals surface area contributed by atoms with Crippen LogP contribution in [-0.4, -0.2) is 33.0 Å². The number of thiophene rings is 1. The summed E-state index contributed by atoms with van der Waals surface area (Å²) in [5.41, 5.74) is 3.75. The van der Waals surface area contributed by atoms with Crippen molar-refractivity contribution in [1.29, 1.82) is 0 Å². The number of carboxylic acids is 1. The maximum atomic E-state index is 12.7. The Balaban J connectivity index is 1.94. The van der Waals surface area contributed by atoms with Crippen LogP contribution in [0.2, 0.25) is 0 Å². The van der Waals surface area contributed by atoms with E-state index >= 15 is 0 Å². The van der Waals surface area contributed by atoms with Crippen LogP contribution in [0.15, 0.2) is 53.9 Å². The smallest absolute Gasteiger partial charge is 0.335 e. The van der Waals surface area contributed by atoms with Crippen LogP contribution in [0.5, 0.6) is 5.75 Å². The van der Waals surface area contributed by atoms with E-state index in [-0.39, 0.29) is 10.8 Å². The highest BCUT2D eigenvalue weighted by Gasteiger charge is 2.15. The summed E-state index contributed by atoms with van der Waals surface area (Å²) in [6.07, 6.45) is 0. The molecule has 1 heterocycles. The van der Waals surface area contributed by atoms with Gasteiger partial charge >= 0.3 is 5.97 Å². The second-order valence-corrected chi connectivity index (χ2v) is 10.6. The third-order valence-corrected chi connectivity index (χ3v) is 7.75. The van der Waals surface area contributed by atoms with Crippen molar-refractivity contribution in [2.45, 2.75) is 26.0 Å². The van der Waals surface area contributed by atoms with Gasteiger partial charge in [-0.1, -0.05) is 24.3 Å². The molecule has 1 aromatic heterocycles. The predicted molar refractivity (Wildman–Crippen MR) is 127 cm³/mol. The average Bonchev–Trinajstić information content (AvgIpc) is 3.15. The summed E-state index contributed by atoms with van der Waals surface area (Å²) in [6, 6.07) is 14.7. The minimum absolute atomic E-state index is 0.0848. The molecule has 0 saturated heterocycles. The van der Waals surface area contributed by atoms with Crippen LogP contribution >= 0.6 is 11.3 Å². The van der Waals surface area contributed by atoms with Gasteiger partial charge in [-0.3, -0.25) is 0 Å². The van der Waals surface area contributed by atoms with Crippen molar-refractivity contribution < 1.29 is 18.8 Å². The molecule has 3 rings (SSSR count). The first-order valence-corrected chi connectivity index (χ1v) is 12.2. The minimum atomic E-state index is -2.43. The molecule has 0 radical (unpaired) electrons. The molecule has 0 amide bonds. The molecule has 0 spiro atoms. The van der Waals surface area contributed by atoms with Gasteiger partial charge in [0.25, 0.3) is 0 Å². The predicted octanol–water partition coefficient (Wildman–Crippen LogP) is 5.63. The molecule has 5 nitrogen and oxygen atoms in total. The van der Waals surface area contributed by atoms with Gasteiger partial charge in [0, 0.05) is 20.5 Å². The fourth-order valence-electron chi connectivity index (χ4n) is 2.89. The maximum Gasteiger partial charge on any atom is 0.335 e. The molecule has 0 aliphatic carbocycles. The van der Waals surface area contributed by atoms with E-state index in [1.54, 1.807) is 29.5 Å². The highest BCUT2D eigenvalue weighted by atomic mass is 32.2. The second-order valence-electron chi connectivity index (χ2n) is 7.07. The van der Waals surface area contributed by atoms with E-state index in [2.05, 4.69) is 10.6 Å². The molecule has 0 fully saturated rings. The van der Waals surface area contributed by atoms with Crippen LogP contribution in [0.3, 0.4) is 0 Å². The molecule has 30 heavy (non-hydrogen) atoms. The van der Waals surface area contributed by atoms with Crippen molar-refractivity contribution in [2.75, 3.05) is 11.3 Å². The summed E-state index contributed by atoms with van der Waals surface area (Å²) in [7, 11) is -2.43. The molecule has 158 valence electrons. The van der Waals surface area contributed by atoms with Crippen LogP contribution in [0, 0.1) is 0 Å². The monoisotopic (exact) mass is 443 g/mol. The number of ether oxygens (including phenoxy) is 1. The van der Waals surface area contributed by atoms with Gasteiger partial charge < -0.3 is 14.6 Å². The van der Waals surface area contributed by atoms with Crippen LogP contribution < -0.4 is 9.46 Å². The topological polar surface area (TPSA) is 75.6 Å². The number of anilines is 1. The lowest BCUT2D eigenvalue weighted by Gasteiger charge is -2.16. The zero-order valence-electron chi connectivity index (χ0n) is 17.2. The molecule has 1 unspecified atom stereocenters. The van der Waals surface area contributed by atoms with Crippen molar-refractivity contribution in [3.05, 3.63) is 59.5 Å². The van der Waals surface area contributed by atoms with Gasteiger partial charge in [-0.05, 0) is 67.4 Å². The largest absolute Gasteiger partial charge is 0.493 e. The van der Waals surface area contributed by atoms with Gasteiger partial charge in [0.15, 0.2) is 0 Å². The Kier molecular flexibility index (Phi) is 6.53. The number of hydrogen-bond acceptors (Lipinski definition) is 4. The summed E-state index contributed by atoms with van der Waals surface area (Å²) in [6.45, 7) is 6.07. The van der Waals surface area contributed by atoms with Gasteiger partial charge in [-0.15, -0.1) is 11.3 Å². The number of benzene rings is 2. The summed E-state index contributed by atoms with van der Waals surface area (Å²) < 4.78 is 21.5. The van der Waals surface area contributed by atoms with Gasteiger partial charge in [-0.25, -0.2) is 9.00 Å². The lowest BCUT2D eigenvalue weighted by atomic mass is 10.0. The first kappa shape index (κ1) is 21.9. The molecular weight excluding hydrogens is 418 g/mol. The highest BCUT2D eigenvalue weighted by molar-refractivity contribution is 8.02. The van der Waals surface area contributed by atoms with Crippen LogP contribution in [-0.2, 0) is 9.71 Å². The van der Waals surface area contributed by atoms with Crippen molar-refractivity contribution in [3.8, 4) is 27.3 Å². The highest BCUT2D eigenvalue weighted by Crippen LogP contribution is 2.37. The SMILES string of the molecule is C=S(=O)(Nc1ccsc1-c1ccc(-c2ccc(C(=O)O)cc2OCC)cc1)C(C)C. The Morgan fingerprint density at radius 1 is 1.17 bits per heavy atom. The molecule has 0 bridgehead atoms. The molecule has 0 saturated carbocycles. The van der Waals surface area contributed by atoms with Crippen molar-refractivity contribution in [2.24, 2.45) is 0 Å². The van der Waals surface area contributed by atoms with E-state index in [1.807, 2.05) is 56.5 Å². The lowest BCUT2D eigenvalue weighted by Crippen LogP contribution is -2.22. The standard InChI is InChI=1S/C23H25NO4S2/c1-5-28-21-14-18(23(25)26)10-11-19(21)16-6-8-17(9-7-16)22-20(12-13-29-22)24-30(4,27)15(2)3/h6-15H,4-5H2,1-3H3,(H,24,27)(H,25,26). The minimum Gasteiger partial charge on any atom is -0.493 e. The van der Waals surface area contributed by atoms with E-state index in [9.17, 15) is 14.1 Å². The molecule has 2 aromatic carbocycles. The summed E-state index contributed by atoms with van der Waals surface area (Å²) >= 11 is 1.57. The van der Waals surface area contributed by atoms with Gasteiger partial charge in [0.1, 0.15) is 5.75 Å². The molecule has 1 atom stereocenters. The number of hydrogen-bond donors (Lipinski definition) is 2. The lowest BCUT2D eigenvalue weighted by molar-refractivity contribution is 0.0696. The van der Waals surface area contributed by atoms with E-state index in [4.69, 9.17) is 4.74 Å². The van der Waals surface area contributed by atoms with E-state index in [1.165, 1.54) is 0 Å². The zero-order valence-corrected chi connectivity index (χ0v) is 18.8. The second kappa shape index (κ2) is 8.93. The zero-order chi connectivity index (χ0) is 21.9. The first-order valence-electron chi connectivity index (χ1n) is 9.55. The van der Waals surface area contributed by atoms with E-state index in [0.29, 0.717) is 12.4 Å². The number of carbonyl (C=O) groups is 1. The van der Waals surface area contributed by atoms with Gasteiger partial charge in [0.2, 0.25) is 0 Å². The molecule has 0 aliphatic heterocycles. The van der Waals surface area contributed by atoms with Crippen LogP contribution in [0.1, 0.15) is 31.1 Å². The van der Waals surface area contributed by atoms with Crippen LogP contribution in [0.4, 0.5) is 5.69 Å². The quantitative estimate of drug-likeness (QED) is 0.442. The fraction of sp³-hybridized carbons (Fsp3) is 0.217. The van der Waals surface area contributed by atoms with Gasteiger partial charge in [-0.2, -0.15) is 0 Å². The molecule has 0 aliphatic rings. The van der Waals surface area contributed by atoms with E-state index in [0.717, 1.165) is 27.3 Å². The summed E-state index contributed by atoms with van der Waals surface area (Å²) in [5, 5.41) is 11.1. The summed E-state index contributed by atoms with van der Waals surface area (Å²) in [5.74, 6) is 3.40. The van der Waals surface area contributed by atoms with Crippen molar-refractivity contribution in [3.63, 3.8) is 0 Å². The first-order chi connectivity index (χ1) is 14.2. The Labute approximate surface area is 181 Å². The normalized spacial score (nSPS) is 13.1. The van der Waals surface area contributed by atoms with Crippen LogP contribution in [0.25, 0.3) is 21.6 Å². The number of rotatable bonds is 8. The Hall–Kier alpha value is -2.77. The maximum absolute atomic E-state index is 12.7. The molecular formula is C23H25NO4S2. The number of nitrogens with one attached hydrogen (secondary N) is 1. The average molecular weight is 444 g/mol. The fourth-order valence-corrected chi connectivity index (χ4v) is 4.59.